The van der Waals surface area contributed by atoms with Crippen molar-refractivity contribution in [2.24, 2.45) is 5.92 Å². The molecule has 3 N–H and O–H groups in total. The summed E-state index contributed by atoms with van der Waals surface area (Å²) in [4.78, 5) is 1.63. The van der Waals surface area contributed by atoms with Crippen molar-refractivity contribution in [1.82, 2.24) is 5.32 Å². The fourth-order valence-corrected chi connectivity index (χ4v) is 3.20. The van der Waals surface area contributed by atoms with Gasteiger partial charge < -0.3 is 20.3 Å². The Morgan fingerprint density at radius 1 is 1.39 bits per heavy atom. The number of hydrogen-bond acceptors (Lipinski definition) is 2. The lowest BCUT2D eigenvalue weighted by Crippen LogP contribution is -3.15. The third-order valence-electron chi connectivity index (χ3n) is 4.37. The number of quaternary nitrogens is 1. The minimum atomic E-state index is 0.232. The highest BCUT2D eigenvalue weighted by molar-refractivity contribution is 7.80. The highest BCUT2D eigenvalue weighted by Gasteiger charge is 2.24. The van der Waals surface area contributed by atoms with Crippen molar-refractivity contribution in [1.29, 1.82) is 0 Å². The maximum Gasteiger partial charge on any atom is 0.170 e. The van der Waals surface area contributed by atoms with Gasteiger partial charge in [-0.1, -0.05) is 26.0 Å². The Hall–Kier alpha value is -1.17. The van der Waals surface area contributed by atoms with Crippen molar-refractivity contribution >= 4 is 23.0 Å². The first-order chi connectivity index (χ1) is 11.0. The molecule has 0 saturated carbocycles. The number of hydrogen-bond donors (Lipinski definition) is 3. The highest BCUT2D eigenvalue weighted by Crippen LogP contribution is 2.17. The standard InChI is InChI=1S/C18H29N3OS/c1-13(2)11-21-8-9-22-16(12-21)10-19-18(23)20-17-7-5-6-14(3)15(17)4/h5-7,13,16H,8-12H2,1-4H3,(H2,19,20,23)/p+1/t16-/m0/s1. The molecular weight excluding hydrogens is 306 g/mol. The fourth-order valence-electron chi connectivity index (χ4n) is 3.01. The topological polar surface area (TPSA) is 37.7 Å². The van der Waals surface area contributed by atoms with Crippen molar-refractivity contribution < 1.29 is 9.64 Å². The molecule has 2 rings (SSSR count). The number of rotatable bonds is 5. The first-order valence-electron chi connectivity index (χ1n) is 8.52. The van der Waals surface area contributed by atoms with E-state index < -0.39 is 0 Å². The van der Waals surface area contributed by atoms with E-state index >= 15 is 0 Å². The third kappa shape index (κ3) is 5.75. The summed E-state index contributed by atoms with van der Waals surface area (Å²) in [6.07, 6.45) is 0.232. The van der Waals surface area contributed by atoms with Gasteiger partial charge in [0.05, 0.1) is 13.2 Å². The Balaban J connectivity index is 1.79. The van der Waals surface area contributed by atoms with Crippen LogP contribution in [-0.2, 0) is 4.74 Å². The molecule has 1 aromatic rings. The lowest BCUT2D eigenvalue weighted by atomic mass is 10.1. The second-order valence-electron chi connectivity index (χ2n) is 6.88. The first-order valence-corrected chi connectivity index (χ1v) is 8.92. The van der Waals surface area contributed by atoms with Gasteiger partial charge in [-0.3, -0.25) is 0 Å². The van der Waals surface area contributed by atoms with Gasteiger partial charge in [-0.15, -0.1) is 0 Å². The number of thiocarbonyl (C=S) groups is 1. The van der Waals surface area contributed by atoms with Gasteiger partial charge in [0.25, 0.3) is 0 Å². The smallest absolute Gasteiger partial charge is 0.170 e. The Morgan fingerprint density at radius 3 is 2.91 bits per heavy atom. The summed E-state index contributed by atoms with van der Waals surface area (Å²) in [7, 11) is 0. The molecule has 2 atom stereocenters. The van der Waals surface area contributed by atoms with Crippen LogP contribution in [0.1, 0.15) is 25.0 Å². The second-order valence-corrected chi connectivity index (χ2v) is 7.29. The average Bonchev–Trinajstić information content (AvgIpc) is 2.50. The first kappa shape index (κ1) is 18.2. The van der Waals surface area contributed by atoms with Crippen molar-refractivity contribution in [3.8, 4) is 0 Å². The molecule has 0 aromatic heterocycles. The molecule has 0 spiro atoms. The van der Waals surface area contributed by atoms with Crippen LogP contribution in [0.2, 0.25) is 0 Å². The highest BCUT2D eigenvalue weighted by atomic mass is 32.1. The van der Waals surface area contributed by atoms with E-state index in [-0.39, 0.29) is 6.10 Å². The number of aryl methyl sites for hydroxylation is 1. The van der Waals surface area contributed by atoms with Crippen LogP contribution in [0.25, 0.3) is 0 Å². The van der Waals surface area contributed by atoms with E-state index in [1.54, 1.807) is 4.90 Å². The number of anilines is 1. The van der Waals surface area contributed by atoms with Crippen LogP contribution >= 0.6 is 12.2 Å². The number of benzene rings is 1. The predicted octanol–water partition coefficient (Wildman–Crippen LogP) is 1.53. The molecule has 1 fully saturated rings. The molecular formula is C18H30N3OS+. The molecule has 0 bridgehead atoms. The number of morpholine rings is 1. The van der Waals surface area contributed by atoms with Gasteiger partial charge in [-0.05, 0) is 43.3 Å². The largest absolute Gasteiger partial charge is 0.365 e. The van der Waals surface area contributed by atoms with E-state index in [0.29, 0.717) is 5.11 Å². The Kier molecular flexibility index (Phi) is 6.81. The van der Waals surface area contributed by atoms with Crippen LogP contribution in [0.5, 0.6) is 0 Å². The van der Waals surface area contributed by atoms with E-state index in [0.717, 1.165) is 37.8 Å². The minimum Gasteiger partial charge on any atom is -0.365 e. The summed E-state index contributed by atoms with van der Waals surface area (Å²) in [5.74, 6) is 0.726. The zero-order valence-electron chi connectivity index (χ0n) is 14.7. The van der Waals surface area contributed by atoms with E-state index in [9.17, 15) is 0 Å². The molecule has 1 aliphatic rings. The zero-order chi connectivity index (χ0) is 16.8. The van der Waals surface area contributed by atoms with Crippen LogP contribution in [0, 0.1) is 19.8 Å². The van der Waals surface area contributed by atoms with Gasteiger partial charge in [0.2, 0.25) is 0 Å². The van der Waals surface area contributed by atoms with Gasteiger partial charge in [0, 0.05) is 18.2 Å². The van der Waals surface area contributed by atoms with Crippen molar-refractivity contribution in [3.05, 3.63) is 29.3 Å². The maximum atomic E-state index is 5.86. The monoisotopic (exact) mass is 336 g/mol. The number of nitrogens with one attached hydrogen (secondary N) is 3. The summed E-state index contributed by atoms with van der Waals surface area (Å²) in [6, 6.07) is 6.21. The van der Waals surface area contributed by atoms with Crippen LogP contribution in [0.3, 0.4) is 0 Å². The van der Waals surface area contributed by atoms with E-state index in [4.69, 9.17) is 17.0 Å². The van der Waals surface area contributed by atoms with Gasteiger partial charge in [-0.25, -0.2) is 0 Å². The molecule has 0 radical (unpaired) electrons. The minimum absolute atomic E-state index is 0.232. The van der Waals surface area contributed by atoms with Crippen LogP contribution in [0.15, 0.2) is 18.2 Å². The lowest BCUT2D eigenvalue weighted by Gasteiger charge is -2.31. The maximum absolute atomic E-state index is 5.86. The van der Waals surface area contributed by atoms with Crippen molar-refractivity contribution in [3.63, 3.8) is 0 Å². The van der Waals surface area contributed by atoms with Gasteiger partial charge >= 0.3 is 0 Å². The Morgan fingerprint density at radius 2 is 2.17 bits per heavy atom. The van der Waals surface area contributed by atoms with E-state index in [1.807, 2.05) is 6.07 Å². The molecule has 128 valence electrons. The Labute approximate surface area is 145 Å². The van der Waals surface area contributed by atoms with Crippen LogP contribution in [0.4, 0.5) is 5.69 Å². The molecule has 1 unspecified atom stereocenters. The predicted molar refractivity (Wildman–Crippen MR) is 100 cm³/mol. The molecule has 1 saturated heterocycles. The number of ether oxygens (including phenoxy) is 1. The zero-order valence-corrected chi connectivity index (χ0v) is 15.6. The molecule has 1 aliphatic heterocycles. The van der Waals surface area contributed by atoms with Gasteiger partial charge in [0.15, 0.2) is 5.11 Å². The van der Waals surface area contributed by atoms with Crippen LogP contribution in [-0.4, -0.2) is 44.0 Å². The third-order valence-corrected chi connectivity index (χ3v) is 4.61. The van der Waals surface area contributed by atoms with Crippen molar-refractivity contribution in [2.75, 3.05) is 38.1 Å². The Bertz CT molecular complexity index is 533. The quantitative estimate of drug-likeness (QED) is 0.713. The van der Waals surface area contributed by atoms with Gasteiger partial charge in [0.1, 0.15) is 19.2 Å². The summed E-state index contributed by atoms with van der Waals surface area (Å²) in [5.41, 5.74) is 3.57. The fraction of sp³-hybridized carbons (Fsp3) is 0.611. The average molecular weight is 337 g/mol. The second kappa shape index (κ2) is 8.62. The summed E-state index contributed by atoms with van der Waals surface area (Å²) in [5, 5.41) is 7.26. The molecule has 0 amide bonds. The summed E-state index contributed by atoms with van der Waals surface area (Å²) in [6.45, 7) is 13.8. The normalized spacial score (nSPS) is 21.3. The van der Waals surface area contributed by atoms with E-state index in [2.05, 4.69) is 50.5 Å². The molecule has 0 aliphatic carbocycles. The molecule has 4 nitrogen and oxygen atoms in total. The molecule has 1 aromatic carbocycles. The van der Waals surface area contributed by atoms with Crippen LogP contribution < -0.4 is 15.5 Å². The summed E-state index contributed by atoms with van der Waals surface area (Å²) < 4.78 is 5.86. The molecule has 5 heteroatoms. The van der Waals surface area contributed by atoms with E-state index in [1.165, 1.54) is 17.7 Å². The SMILES string of the molecule is Cc1cccc(NC(=S)NC[C@H]2C[NH+](CC(C)C)CCO2)c1C. The summed E-state index contributed by atoms with van der Waals surface area (Å²) >= 11 is 5.42. The lowest BCUT2D eigenvalue weighted by molar-refractivity contribution is -0.914. The van der Waals surface area contributed by atoms with Crippen molar-refractivity contribution in [2.45, 2.75) is 33.8 Å². The molecule has 1 heterocycles. The molecule has 23 heavy (non-hydrogen) atoms. The van der Waals surface area contributed by atoms with Gasteiger partial charge in [-0.2, -0.15) is 0 Å².